The molecule has 0 amide bonds. The minimum absolute atomic E-state index is 0.0143. The Morgan fingerprint density at radius 2 is 1.84 bits per heavy atom. The highest BCUT2D eigenvalue weighted by molar-refractivity contribution is 5.89. The molecule has 1 rings (SSSR count). The lowest BCUT2D eigenvalue weighted by Crippen LogP contribution is -2.32. The van der Waals surface area contributed by atoms with E-state index in [-0.39, 0.29) is 12.2 Å². The van der Waals surface area contributed by atoms with Crippen LogP contribution in [0.4, 0.5) is 0 Å². The van der Waals surface area contributed by atoms with Gasteiger partial charge in [0.05, 0.1) is 26.1 Å². The lowest BCUT2D eigenvalue weighted by molar-refractivity contribution is -0.156. The average Bonchev–Trinajstić information content (AvgIpc) is 2.43. The lowest BCUT2D eigenvalue weighted by atomic mass is 9.85. The number of Topliss-reactive ketones (excluding diaryl/α,β-unsaturated/α-hetero) is 1. The molecule has 0 aromatic rings. The topological polar surface area (TPSA) is 69.7 Å². The minimum atomic E-state index is -0.792. The molecular weight excluding hydrogens is 248 g/mol. The van der Waals surface area contributed by atoms with Gasteiger partial charge in [0, 0.05) is 12.8 Å². The van der Waals surface area contributed by atoms with Crippen LogP contribution in [0.5, 0.6) is 0 Å². The highest BCUT2D eigenvalue weighted by Crippen LogP contribution is 2.24. The number of esters is 2. The van der Waals surface area contributed by atoms with Gasteiger partial charge in [0.15, 0.2) is 0 Å². The zero-order valence-electron chi connectivity index (χ0n) is 11.4. The SMILES string of the molecule is COC(=O)[C@H]1/C=C/CCCCC(=O)C[C@@H]1C(=O)OC. The van der Waals surface area contributed by atoms with E-state index < -0.39 is 23.8 Å². The molecule has 0 fully saturated rings. The van der Waals surface area contributed by atoms with Crippen molar-refractivity contribution in [1.29, 1.82) is 0 Å². The smallest absolute Gasteiger partial charge is 0.313 e. The van der Waals surface area contributed by atoms with Gasteiger partial charge in [-0.05, 0) is 19.3 Å². The predicted molar refractivity (Wildman–Crippen MR) is 68.2 cm³/mol. The van der Waals surface area contributed by atoms with E-state index in [1.54, 1.807) is 6.08 Å². The summed E-state index contributed by atoms with van der Waals surface area (Å²) < 4.78 is 9.41. The first-order chi connectivity index (χ1) is 9.10. The Morgan fingerprint density at radius 1 is 1.16 bits per heavy atom. The van der Waals surface area contributed by atoms with Crippen LogP contribution < -0.4 is 0 Å². The van der Waals surface area contributed by atoms with Crippen LogP contribution in [-0.2, 0) is 23.9 Å². The third-order valence-electron chi connectivity index (χ3n) is 3.28. The van der Waals surface area contributed by atoms with Crippen LogP contribution in [0.1, 0.15) is 32.1 Å². The van der Waals surface area contributed by atoms with Gasteiger partial charge in [-0.1, -0.05) is 12.2 Å². The molecule has 1 aliphatic rings. The number of hydrogen-bond donors (Lipinski definition) is 0. The maximum Gasteiger partial charge on any atom is 0.313 e. The highest BCUT2D eigenvalue weighted by atomic mass is 16.5. The first-order valence-electron chi connectivity index (χ1n) is 6.44. The van der Waals surface area contributed by atoms with E-state index >= 15 is 0 Å². The summed E-state index contributed by atoms with van der Waals surface area (Å²) in [6.07, 6.45) is 6.49. The number of allylic oxidation sites excluding steroid dienone is 1. The minimum Gasteiger partial charge on any atom is -0.469 e. The van der Waals surface area contributed by atoms with Crippen LogP contribution in [0, 0.1) is 11.8 Å². The fourth-order valence-electron chi connectivity index (χ4n) is 2.20. The number of ketones is 1. The van der Waals surface area contributed by atoms with Crippen molar-refractivity contribution in [3.8, 4) is 0 Å². The van der Waals surface area contributed by atoms with Gasteiger partial charge in [0.25, 0.3) is 0 Å². The van der Waals surface area contributed by atoms with Crippen LogP contribution in [0.2, 0.25) is 0 Å². The van der Waals surface area contributed by atoms with Crippen LogP contribution in [0.25, 0.3) is 0 Å². The molecule has 0 N–H and O–H groups in total. The second-order valence-electron chi connectivity index (χ2n) is 4.60. The van der Waals surface area contributed by atoms with Crippen molar-refractivity contribution in [2.45, 2.75) is 32.1 Å². The van der Waals surface area contributed by atoms with E-state index in [9.17, 15) is 14.4 Å². The van der Waals surface area contributed by atoms with Crippen LogP contribution in [-0.4, -0.2) is 31.9 Å². The molecule has 0 unspecified atom stereocenters. The summed E-state index contributed by atoms with van der Waals surface area (Å²) in [4.78, 5) is 35.4. The molecule has 0 bridgehead atoms. The second-order valence-corrected chi connectivity index (χ2v) is 4.60. The number of methoxy groups -OCH3 is 2. The largest absolute Gasteiger partial charge is 0.469 e. The van der Waals surface area contributed by atoms with Crippen molar-refractivity contribution in [2.75, 3.05) is 14.2 Å². The molecule has 106 valence electrons. The maximum absolute atomic E-state index is 11.8. The molecule has 0 saturated carbocycles. The lowest BCUT2D eigenvalue weighted by Gasteiger charge is -2.21. The van der Waals surface area contributed by atoms with Gasteiger partial charge in [-0.15, -0.1) is 0 Å². The van der Waals surface area contributed by atoms with E-state index in [1.807, 2.05) is 6.08 Å². The summed E-state index contributed by atoms with van der Waals surface area (Å²) in [5, 5.41) is 0. The Labute approximate surface area is 112 Å². The Balaban J connectivity index is 3.01. The molecule has 0 aromatic heterocycles. The van der Waals surface area contributed by atoms with E-state index in [0.717, 1.165) is 19.3 Å². The van der Waals surface area contributed by atoms with Crippen LogP contribution in [0.3, 0.4) is 0 Å². The Hall–Kier alpha value is -1.65. The Bertz CT molecular complexity index is 372. The monoisotopic (exact) mass is 268 g/mol. The van der Waals surface area contributed by atoms with Gasteiger partial charge in [-0.2, -0.15) is 0 Å². The standard InChI is InChI=1S/C14H20O5/c1-18-13(16)11-8-6-4-3-5-7-10(15)9-12(11)14(17)19-2/h6,8,11-12H,3-5,7,9H2,1-2H3/b8-6+/t11-,12-/m0/s1. The molecule has 5 nitrogen and oxygen atoms in total. The van der Waals surface area contributed by atoms with Gasteiger partial charge in [-0.3, -0.25) is 14.4 Å². The molecular formula is C14H20O5. The molecule has 1 aliphatic carbocycles. The summed E-state index contributed by atoms with van der Waals surface area (Å²) in [6, 6.07) is 0. The molecule has 2 atom stereocenters. The van der Waals surface area contributed by atoms with Crippen molar-refractivity contribution in [3.05, 3.63) is 12.2 Å². The first-order valence-corrected chi connectivity index (χ1v) is 6.44. The number of carbonyl (C=O) groups excluding carboxylic acids is 3. The van der Waals surface area contributed by atoms with Gasteiger partial charge < -0.3 is 9.47 Å². The fourth-order valence-corrected chi connectivity index (χ4v) is 2.20. The summed E-state index contributed by atoms with van der Waals surface area (Å²) in [5.74, 6) is -2.62. The van der Waals surface area contributed by atoms with Crippen molar-refractivity contribution in [1.82, 2.24) is 0 Å². The molecule has 0 heterocycles. The summed E-state index contributed by atoms with van der Waals surface area (Å²) in [5.41, 5.74) is 0. The quantitative estimate of drug-likeness (QED) is 0.562. The summed E-state index contributed by atoms with van der Waals surface area (Å²) in [6.45, 7) is 0. The first kappa shape index (κ1) is 15.4. The van der Waals surface area contributed by atoms with E-state index in [0.29, 0.717) is 6.42 Å². The van der Waals surface area contributed by atoms with Gasteiger partial charge >= 0.3 is 11.9 Å². The van der Waals surface area contributed by atoms with E-state index in [2.05, 4.69) is 0 Å². The van der Waals surface area contributed by atoms with Crippen LogP contribution in [0.15, 0.2) is 12.2 Å². The number of carbonyl (C=O) groups is 3. The zero-order chi connectivity index (χ0) is 14.3. The zero-order valence-corrected chi connectivity index (χ0v) is 11.4. The third kappa shape index (κ3) is 4.50. The molecule has 0 aliphatic heterocycles. The number of ether oxygens (including phenoxy) is 2. The molecule has 5 heteroatoms. The normalized spacial score (nSPS) is 26.3. The molecule has 0 radical (unpaired) electrons. The number of rotatable bonds is 2. The highest BCUT2D eigenvalue weighted by Gasteiger charge is 2.35. The molecule has 0 saturated heterocycles. The second kappa shape index (κ2) is 7.71. The van der Waals surface area contributed by atoms with Gasteiger partial charge in [0.1, 0.15) is 5.78 Å². The van der Waals surface area contributed by atoms with Crippen molar-refractivity contribution >= 4 is 17.7 Å². The Kier molecular flexibility index (Phi) is 6.25. The number of hydrogen-bond acceptors (Lipinski definition) is 5. The molecule has 0 spiro atoms. The Morgan fingerprint density at radius 3 is 2.47 bits per heavy atom. The maximum atomic E-state index is 11.8. The average molecular weight is 268 g/mol. The molecule has 0 aromatic carbocycles. The van der Waals surface area contributed by atoms with Crippen molar-refractivity contribution in [2.24, 2.45) is 11.8 Å². The van der Waals surface area contributed by atoms with Gasteiger partial charge in [-0.25, -0.2) is 0 Å². The van der Waals surface area contributed by atoms with E-state index in [4.69, 9.17) is 9.47 Å². The van der Waals surface area contributed by atoms with Crippen LogP contribution >= 0.6 is 0 Å². The summed E-state index contributed by atoms with van der Waals surface area (Å²) >= 11 is 0. The van der Waals surface area contributed by atoms with Crippen molar-refractivity contribution < 1.29 is 23.9 Å². The predicted octanol–water partition coefficient (Wildman–Crippen LogP) is 1.65. The van der Waals surface area contributed by atoms with E-state index in [1.165, 1.54) is 14.2 Å². The molecule has 19 heavy (non-hydrogen) atoms. The fraction of sp³-hybridized carbons (Fsp3) is 0.643. The van der Waals surface area contributed by atoms with Gasteiger partial charge in [0.2, 0.25) is 0 Å². The summed E-state index contributed by atoms with van der Waals surface area (Å²) in [7, 11) is 2.52. The van der Waals surface area contributed by atoms with Crippen molar-refractivity contribution in [3.63, 3.8) is 0 Å². The third-order valence-corrected chi connectivity index (χ3v) is 3.28.